The van der Waals surface area contributed by atoms with E-state index in [1.807, 2.05) is 0 Å². The lowest BCUT2D eigenvalue weighted by molar-refractivity contribution is 0.142. The number of aliphatic hydroxyl groups is 1. The summed E-state index contributed by atoms with van der Waals surface area (Å²) in [4.78, 5) is 2.37. The topological polar surface area (TPSA) is 35.5 Å². The van der Waals surface area contributed by atoms with Crippen LogP contribution in [0.5, 0.6) is 0 Å². The van der Waals surface area contributed by atoms with E-state index in [2.05, 4.69) is 17.3 Å². The van der Waals surface area contributed by atoms with Crippen molar-refractivity contribution in [1.82, 2.24) is 10.2 Å². The molecule has 1 saturated heterocycles. The van der Waals surface area contributed by atoms with E-state index in [-0.39, 0.29) is 5.54 Å². The molecule has 0 spiro atoms. The van der Waals surface area contributed by atoms with Gasteiger partial charge in [0.2, 0.25) is 0 Å². The van der Waals surface area contributed by atoms with Gasteiger partial charge in [0.1, 0.15) is 0 Å². The van der Waals surface area contributed by atoms with Crippen LogP contribution in [-0.2, 0) is 0 Å². The maximum Gasteiger partial charge on any atom is 0.0613 e. The van der Waals surface area contributed by atoms with Gasteiger partial charge in [-0.1, -0.05) is 0 Å². The van der Waals surface area contributed by atoms with Gasteiger partial charge in [0.05, 0.1) is 6.61 Å². The summed E-state index contributed by atoms with van der Waals surface area (Å²) in [5, 5.41) is 13.2. The predicted octanol–water partition coefficient (Wildman–Crippen LogP) is 0.585. The van der Waals surface area contributed by atoms with Crippen molar-refractivity contribution < 1.29 is 5.11 Å². The first-order valence-corrected chi connectivity index (χ1v) is 5.81. The average Bonchev–Trinajstić information content (AvgIpc) is 2.98. The van der Waals surface area contributed by atoms with Crippen molar-refractivity contribution in [3.8, 4) is 0 Å². The van der Waals surface area contributed by atoms with Gasteiger partial charge < -0.3 is 15.3 Å². The van der Waals surface area contributed by atoms with Crippen LogP contribution in [0.15, 0.2) is 0 Å². The van der Waals surface area contributed by atoms with E-state index in [1.54, 1.807) is 0 Å². The lowest BCUT2D eigenvalue weighted by Gasteiger charge is -2.32. The molecule has 0 aromatic heterocycles. The lowest BCUT2D eigenvalue weighted by Crippen LogP contribution is -2.50. The predicted molar refractivity (Wildman–Crippen MR) is 57.3 cm³/mol. The fourth-order valence-electron chi connectivity index (χ4n) is 2.34. The molecule has 2 fully saturated rings. The smallest absolute Gasteiger partial charge is 0.0613 e. The molecule has 3 heteroatoms. The van der Waals surface area contributed by atoms with Gasteiger partial charge in [0.25, 0.3) is 0 Å². The molecule has 0 amide bonds. The highest BCUT2D eigenvalue weighted by Gasteiger charge is 2.36. The Bertz CT molecular complexity index is 194. The number of aliphatic hydroxyl groups excluding tert-OH is 1. The molecule has 14 heavy (non-hydrogen) atoms. The van der Waals surface area contributed by atoms with Crippen molar-refractivity contribution in [3.63, 3.8) is 0 Å². The Morgan fingerprint density at radius 3 is 2.79 bits per heavy atom. The molecule has 1 saturated carbocycles. The largest absolute Gasteiger partial charge is 0.394 e. The van der Waals surface area contributed by atoms with Gasteiger partial charge in [-0.15, -0.1) is 0 Å². The van der Waals surface area contributed by atoms with Crippen LogP contribution in [-0.4, -0.2) is 48.3 Å². The normalized spacial score (nSPS) is 35.6. The van der Waals surface area contributed by atoms with E-state index in [4.69, 9.17) is 0 Å². The van der Waals surface area contributed by atoms with Crippen LogP contribution in [0, 0.1) is 0 Å². The van der Waals surface area contributed by atoms with Crippen molar-refractivity contribution in [3.05, 3.63) is 0 Å². The summed E-state index contributed by atoms with van der Waals surface area (Å²) in [5.41, 5.74) is 0.0337. The van der Waals surface area contributed by atoms with Crippen molar-refractivity contribution in [2.45, 2.75) is 43.7 Å². The molecule has 2 aliphatic rings. The van der Waals surface area contributed by atoms with E-state index in [9.17, 15) is 5.11 Å². The fraction of sp³-hybridized carbons (Fsp3) is 1.00. The molecule has 0 bridgehead atoms. The second kappa shape index (κ2) is 4.17. The first-order valence-electron chi connectivity index (χ1n) is 5.81. The number of hydrogen-bond donors (Lipinski definition) is 2. The van der Waals surface area contributed by atoms with Gasteiger partial charge in [-0.3, -0.25) is 0 Å². The highest BCUT2D eigenvalue weighted by Crippen LogP contribution is 2.28. The minimum Gasteiger partial charge on any atom is -0.394 e. The minimum absolute atomic E-state index is 0.0337. The van der Waals surface area contributed by atoms with Gasteiger partial charge in [0.15, 0.2) is 0 Å². The van der Waals surface area contributed by atoms with Crippen molar-refractivity contribution in [1.29, 1.82) is 0 Å². The Hall–Kier alpha value is -0.120. The summed E-state index contributed by atoms with van der Waals surface area (Å²) in [7, 11) is 2.17. The highest BCUT2D eigenvalue weighted by molar-refractivity contribution is 4.96. The third-order valence-corrected chi connectivity index (χ3v) is 3.56. The van der Waals surface area contributed by atoms with Crippen LogP contribution < -0.4 is 5.32 Å². The summed E-state index contributed by atoms with van der Waals surface area (Å²) < 4.78 is 0. The summed E-state index contributed by atoms with van der Waals surface area (Å²) in [5.74, 6) is 0. The first kappa shape index (κ1) is 10.4. The molecule has 0 aromatic carbocycles. The lowest BCUT2D eigenvalue weighted by atomic mass is 9.91. The van der Waals surface area contributed by atoms with E-state index in [0.29, 0.717) is 12.6 Å². The molecule has 3 nitrogen and oxygen atoms in total. The Kier molecular flexibility index (Phi) is 3.10. The Balaban J connectivity index is 1.94. The first-order chi connectivity index (χ1) is 6.74. The molecule has 82 valence electrons. The Morgan fingerprint density at radius 2 is 2.14 bits per heavy atom. The number of likely N-dealkylation sites (tertiary alicyclic amines) is 1. The summed E-state index contributed by atoms with van der Waals surface area (Å²) in [6.07, 6.45) is 6.03. The number of nitrogens with one attached hydrogen (secondary N) is 1. The zero-order valence-electron chi connectivity index (χ0n) is 9.13. The Labute approximate surface area is 86.5 Å². The van der Waals surface area contributed by atoms with Crippen molar-refractivity contribution in [2.24, 2.45) is 0 Å². The summed E-state index contributed by atoms with van der Waals surface area (Å²) in [6, 6.07) is 0.700. The van der Waals surface area contributed by atoms with Gasteiger partial charge in [-0.2, -0.15) is 0 Å². The highest BCUT2D eigenvalue weighted by atomic mass is 16.3. The van der Waals surface area contributed by atoms with Crippen molar-refractivity contribution >= 4 is 0 Å². The molecule has 1 aliphatic heterocycles. The molecule has 0 aromatic rings. The van der Waals surface area contributed by atoms with E-state index in [1.165, 1.54) is 25.8 Å². The third-order valence-electron chi connectivity index (χ3n) is 3.56. The standard InChI is InChI=1S/C11H22N2O/c1-13-7-2-5-11(9-14,6-8-13)12-10-3-4-10/h10,12,14H,2-9H2,1H3. The number of nitrogens with zero attached hydrogens (tertiary/aromatic N) is 1. The van der Waals surface area contributed by atoms with Gasteiger partial charge in [-0.05, 0) is 52.2 Å². The van der Waals surface area contributed by atoms with Crippen molar-refractivity contribution in [2.75, 3.05) is 26.7 Å². The van der Waals surface area contributed by atoms with Crippen LogP contribution in [0.2, 0.25) is 0 Å². The quantitative estimate of drug-likeness (QED) is 0.696. The molecule has 0 radical (unpaired) electrons. The molecule has 2 rings (SSSR count). The zero-order chi connectivity index (χ0) is 10.0. The van der Waals surface area contributed by atoms with Crippen LogP contribution in [0.25, 0.3) is 0 Å². The summed E-state index contributed by atoms with van der Waals surface area (Å²) >= 11 is 0. The minimum atomic E-state index is 0.0337. The van der Waals surface area contributed by atoms with Crippen LogP contribution >= 0.6 is 0 Å². The second-order valence-electron chi connectivity index (χ2n) is 5.01. The Morgan fingerprint density at radius 1 is 1.36 bits per heavy atom. The SMILES string of the molecule is CN1CCCC(CO)(NC2CC2)CC1. The van der Waals surface area contributed by atoms with Crippen LogP contribution in [0.4, 0.5) is 0 Å². The molecule has 1 aliphatic carbocycles. The molecular weight excluding hydrogens is 176 g/mol. The van der Waals surface area contributed by atoms with Crippen LogP contribution in [0.3, 0.4) is 0 Å². The summed E-state index contributed by atoms with van der Waals surface area (Å²) in [6.45, 7) is 2.59. The van der Waals surface area contributed by atoms with E-state index >= 15 is 0 Å². The maximum absolute atomic E-state index is 9.55. The molecule has 1 unspecified atom stereocenters. The molecule has 1 heterocycles. The van der Waals surface area contributed by atoms with Gasteiger partial charge in [-0.25, -0.2) is 0 Å². The molecule has 2 N–H and O–H groups in total. The fourth-order valence-corrected chi connectivity index (χ4v) is 2.34. The van der Waals surface area contributed by atoms with E-state index in [0.717, 1.165) is 19.4 Å². The second-order valence-corrected chi connectivity index (χ2v) is 5.01. The average molecular weight is 198 g/mol. The third kappa shape index (κ3) is 2.47. The molecule has 1 atom stereocenters. The zero-order valence-corrected chi connectivity index (χ0v) is 9.13. The van der Waals surface area contributed by atoms with Gasteiger partial charge in [0, 0.05) is 11.6 Å². The van der Waals surface area contributed by atoms with Gasteiger partial charge >= 0.3 is 0 Å². The molecular formula is C11H22N2O. The monoisotopic (exact) mass is 198 g/mol. The number of hydrogen-bond acceptors (Lipinski definition) is 3. The van der Waals surface area contributed by atoms with E-state index < -0.39 is 0 Å². The maximum atomic E-state index is 9.55. The number of rotatable bonds is 3. The van der Waals surface area contributed by atoms with Crippen LogP contribution in [0.1, 0.15) is 32.1 Å².